The molecular formula is C15H21ClN2O5S. The van der Waals surface area contributed by atoms with E-state index in [1.54, 1.807) is 0 Å². The second-order valence-electron chi connectivity index (χ2n) is 5.06. The second-order valence-corrected chi connectivity index (χ2v) is 7.27. The highest BCUT2D eigenvalue weighted by Crippen LogP contribution is 2.13. The Morgan fingerprint density at radius 2 is 1.88 bits per heavy atom. The molecule has 1 unspecified atom stereocenters. The Labute approximate surface area is 146 Å². The summed E-state index contributed by atoms with van der Waals surface area (Å²) in [6.45, 7) is 1.47. The Balaban J connectivity index is 2.63. The van der Waals surface area contributed by atoms with Crippen LogP contribution >= 0.6 is 11.6 Å². The lowest BCUT2D eigenvalue weighted by Crippen LogP contribution is -2.45. The van der Waals surface area contributed by atoms with Crippen LogP contribution in [0.3, 0.4) is 0 Å². The maximum absolute atomic E-state index is 12.1. The summed E-state index contributed by atoms with van der Waals surface area (Å²) < 4.78 is 30.9. The van der Waals surface area contributed by atoms with Crippen molar-refractivity contribution in [2.75, 3.05) is 13.7 Å². The van der Waals surface area contributed by atoms with Crippen LogP contribution in [0.1, 0.15) is 26.2 Å². The van der Waals surface area contributed by atoms with Crippen molar-refractivity contribution < 1.29 is 22.7 Å². The van der Waals surface area contributed by atoms with Gasteiger partial charge in [0.15, 0.2) is 0 Å². The minimum atomic E-state index is -3.84. The van der Waals surface area contributed by atoms with Crippen LogP contribution in [0.2, 0.25) is 5.02 Å². The van der Waals surface area contributed by atoms with E-state index < -0.39 is 34.5 Å². The molecule has 24 heavy (non-hydrogen) atoms. The van der Waals surface area contributed by atoms with Gasteiger partial charge in [0.05, 0.1) is 18.6 Å². The lowest BCUT2D eigenvalue weighted by atomic mass is 10.1. The van der Waals surface area contributed by atoms with Crippen molar-refractivity contribution in [1.82, 2.24) is 10.0 Å². The average molecular weight is 377 g/mol. The Morgan fingerprint density at radius 1 is 1.25 bits per heavy atom. The lowest BCUT2D eigenvalue weighted by molar-refractivity contribution is -0.145. The summed E-state index contributed by atoms with van der Waals surface area (Å²) in [4.78, 5) is 23.5. The number of benzene rings is 1. The zero-order valence-electron chi connectivity index (χ0n) is 13.5. The van der Waals surface area contributed by atoms with Crippen LogP contribution in [0.15, 0.2) is 29.2 Å². The molecule has 0 radical (unpaired) electrons. The standard InChI is InChI=1S/C15H21ClN2O5S/c1-3-4-5-13(15(20)23-2)18-14(19)10-17-24(21,22)12-8-6-11(16)7-9-12/h6-9,13,17H,3-5,10H2,1-2H3,(H,18,19). The van der Waals surface area contributed by atoms with Gasteiger partial charge in [0.25, 0.3) is 0 Å². The fourth-order valence-electron chi connectivity index (χ4n) is 1.90. The molecule has 7 nitrogen and oxygen atoms in total. The number of hydrogen-bond acceptors (Lipinski definition) is 5. The molecule has 0 saturated heterocycles. The second kappa shape index (κ2) is 9.61. The number of esters is 1. The van der Waals surface area contributed by atoms with Gasteiger partial charge in [0.1, 0.15) is 6.04 Å². The van der Waals surface area contributed by atoms with Crippen LogP contribution in [0.4, 0.5) is 0 Å². The first-order chi connectivity index (χ1) is 11.3. The van der Waals surface area contributed by atoms with Crippen molar-refractivity contribution in [3.63, 3.8) is 0 Å². The van der Waals surface area contributed by atoms with Crippen LogP contribution in [0.25, 0.3) is 0 Å². The zero-order valence-corrected chi connectivity index (χ0v) is 15.1. The van der Waals surface area contributed by atoms with Crippen molar-refractivity contribution >= 4 is 33.5 Å². The molecule has 1 rings (SSSR count). The summed E-state index contributed by atoms with van der Waals surface area (Å²) in [5.74, 6) is -1.17. The summed E-state index contributed by atoms with van der Waals surface area (Å²) >= 11 is 5.71. The fourth-order valence-corrected chi connectivity index (χ4v) is 3.01. The van der Waals surface area contributed by atoms with Crippen molar-refractivity contribution in [2.24, 2.45) is 0 Å². The molecule has 1 atom stereocenters. The number of rotatable bonds is 9. The normalized spacial score (nSPS) is 12.5. The first kappa shape index (κ1) is 20.4. The molecule has 0 aliphatic heterocycles. The molecule has 1 aromatic carbocycles. The van der Waals surface area contributed by atoms with Crippen molar-refractivity contribution in [3.8, 4) is 0 Å². The highest BCUT2D eigenvalue weighted by molar-refractivity contribution is 7.89. The van der Waals surface area contributed by atoms with Crippen LogP contribution in [-0.4, -0.2) is 40.0 Å². The molecule has 0 aliphatic carbocycles. The number of amides is 1. The van der Waals surface area contributed by atoms with Crippen LogP contribution < -0.4 is 10.0 Å². The quantitative estimate of drug-likeness (QED) is 0.635. The number of ether oxygens (including phenoxy) is 1. The minimum absolute atomic E-state index is 0.00444. The predicted molar refractivity (Wildman–Crippen MR) is 90.1 cm³/mol. The van der Waals surface area contributed by atoms with Gasteiger partial charge in [-0.15, -0.1) is 0 Å². The Hall–Kier alpha value is -1.64. The number of sulfonamides is 1. The summed E-state index contributed by atoms with van der Waals surface area (Å²) in [5.41, 5.74) is 0. The number of hydrogen-bond donors (Lipinski definition) is 2. The molecule has 9 heteroatoms. The molecule has 0 fully saturated rings. The van der Waals surface area contributed by atoms with E-state index in [2.05, 4.69) is 14.8 Å². The highest BCUT2D eigenvalue weighted by Gasteiger charge is 2.22. The number of nitrogens with one attached hydrogen (secondary N) is 2. The topological polar surface area (TPSA) is 102 Å². The third-order valence-electron chi connectivity index (χ3n) is 3.21. The van der Waals surface area contributed by atoms with Gasteiger partial charge < -0.3 is 10.1 Å². The smallest absolute Gasteiger partial charge is 0.328 e. The highest BCUT2D eigenvalue weighted by atomic mass is 35.5. The van der Waals surface area contributed by atoms with Crippen LogP contribution in [0.5, 0.6) is 0 Å². The molecule has 0 bridgehead atoms. The molecule has 0 spiro atoms. The van der Waals surface area contributed by atoms with Crippen molar-refractivity contribution in [2.45, 2.75) is 37.1 Å². The average Bonchev–Trinajstić information content (AvgIpc) is 2.56. The first-order valence-electron chi connectivity index (χ1n) is 7.42. The van der Waals surface area contributed by atoms with Crippen molar-refractivity contribution in [3.05, 3.63) is 29.3 Å². The summed E-state index contributed by atoms with van der Waals surface area (Å²) in [5, 5.41) is 2.88. The van der Waals surface area contributed by atoms with E-state index in [1.807, 2.05) is 6.92 Å². The molecule has 1 aromatic rings. The van der Waals surface area contributed by atoms with E-state index in [0.717, 1.165) is 12.8 Å². The van der Waals surface area contributed by atoms with E-state index in [1.165, 1.54) is 31.4 Å². The van der Waals surface area contributed by atoms with E-state index in [4.69, 9.17) is 11.6 Å². The van der Waals surface area contributed by atoms with Crippen molar-refractivity contribution in [1.29, 1.82) is 0 Å². The maximum Gasteiger partial charge on any atom is 0.328 e. The SMILES string of the molecule is CCCCC(NC(=O)CNS(=O)(=O)c1ccc(Cl)cc1)C(=O)OC. The molecule has 0 aromatic heterocycles. The van der Waals surface area contributed by atoms with E-state index in [0.29, 0.717) is 11.4 Å². The Bertz CT molecular complexity index is 661. The zero-order chi connectivity index (χ0) is 18.2. The van der Waals surface area contributed by atoms with Gasteiger partial charge >= 0.3 is 5.97 Å². The Morgan fingerprint density at radius 3 is 2.42 bits per heavy atom. The number of methoxy groups -OCH3 is 1. The molecular weight excluding hydrogens is 356 g/mol. The fraction of sp³-hybridized carbons (Fsp3) is 0.467. The Kier molecular flexibility index (Phi) is 8.17. The monoisotopic (exact) mass is 376 g/mol. The van der Waals surface area contributed by atoms with Gasteiger partial charge in [-0.05, 0) is 30.7 Å². The molecule has 134 valence electrons. The van der Waals surface area contributed by atoms with Crippen LogP contribution in [0, 0.1) is 0 Å². The number of halogens is 1. The van der Waals surface area contributed by atoms with Gasteiger partial charge in [-0.25, -0.2) is 17.9 Å². The van der Waals surface area contributed by atoms with E-state index in [9.17, 15) is 18.0 Å². The van der Waals surface area contributed by atoms with E-state index >= 15 is 0 Å². The maximum atomic E-state index is 12.1. The number of unbranched alkanes of at least 4 members (excludes halogenated alkanes) is 1. The third-order valence-corrected chi connectivity index (χ3v) is 4.88. The first-order valence-corrected chi connectivity index (χ1v) is 9.28. The van der Waals surface area contributed by atoms with Gasteiger partial charge in [-0.2, -0.15) is 0 Å². The molecule has 0 aliphatic rings. The predicted octanol–water partition coefficient (Wildman–Crippen LogP) is 1.47. The van der Waals surface area contributed by atoms with Gasteiger partial charge in [0.2, 0.25) is 15.9 Å². The third kappa shape index (κ3) is 6.46. The molecule has 0 heterocycles. The molecule has 2 N–H and O–H groups in total. The van der Waals surface area contributed by atoms with Gasteiger partial charge in [0, 0.05) is 5.02 Å². The minimum Gasteiger partial charge on any atom is -0.467 e. The number of carbonyl (C=O) groups excluding carboxylic acids is 2. The number of carbonyl (C=O) groups is 2. The molecule has 0 saturated carbocycles. The van der Waals surface area contributed by atoms with Crippen LogP contribution in [-0.2, 0) is 24.3 Å². The summed E-state index contributed by atoms with van der Waals surface area (Å²) in [6.07, 6.45) is 2.02. The lowest BCUT2D eigenvalue weighted by Gasteiger charge is -2.16. The molecule has 1 amide bonds. The summed E-state index contributed by atoms with van der Waals surface area (Å²) in [6, 6.07) is 4.76. The van der Waals surface area contributed by atoms with Gasteiger partial charge in [-0.1, -0.05) is 31.4 Å². The summed E-state index contributed by atoms with van der Waals surface area (Å²) in [7, 11) is -2.60. The van der Waals surface area contributed by atoms with E-state index in [-0.39, 0.29) is 4.90 Å². The largest absolute Gasteiger partial charge is 0.467 e. The van der Waals surface area contributed by atoms with Gasteiger partial charge in [-0.3, -0.25) is 4.79 Å².